The van der Waals surface area contributed by atoms with E-state index in [0.717, 1.165) is 36.5 Å². The van der Waals surface area contributed by atoms with Crippen LogP contribution in [0.15, 0.2) is 59.8 Å². The summed E-state index contributed by atoms with van der Waals surface area (Å²) in [5.74, 6) is 1.94. The summed E-state index contributed by atoms with van der Waals surface area (Å²) in [7, 11) is 0. The first-order valence-electron chi connectivity index (χ1n) is 10.7. The van der Waals surface area contributed by atoms with E-state index in [-0.39, 0.29) is 18.1 Å². The van der Waals surface area contributed by atoms with Crippen LogP contribution in [0.5, 0.6) is 11.5 Å². The summed E-state index contributed by atoms with van der Waals surface area (Å²) in [5, 5.41) is 0. The molecule has 4 heteroatoms. The summed E-state index contributed by atoms with van der Waals surface area (Å²) in [6.45, 7) is 5.59. The molecule has 3 heterocycles. The molecule has 152 valence electrons. The molecular weight excluding hydrogens is 374 g/mol. The molecule has 30 heavy (non-hydrogen) atoms. The van der Waals surface area contributed by atoms with Crippen molar-refractivity contribution < 1.29 is 14.3 Å². The van der Waals surface area contributed by atoms with Gasteiger partial charge in [0.25, 0.3) is 0 Å². The first kappa shape index (κ1) is 17.8. The summed E-state index contributed by atoms with van der Waals surface area (Å²) < 4.78 is 11.3. The van der Waals surface area contributed by atoms with Gasteiger partial charge in [-0.1, -0.05) is 44.2 Å². The molecule has 0 unspecified atom stereocenters. The van der Waals surface area contributed by atoms with Crippen molar-refractivity contribution >= 4 is 11.5 Å². The van der Waals surface area contributed by atoms with Crippen LogP contribution in [0.4, 0.5) is 0 Å². The number of carbonyl (C=O) groups is 1. The molecule has 0 bridgehead atoms. The largest absolute Gasteiger partial charge is 0.454 e. The third-order valence-corrected chi connectivity index (χ3v) is 6.79. The summed E-state index contributed by atoms with van der Waals surface area (Å²) in [5.41, 5.74) is 7.06. The number of hydrogen-bond acceptors (Lipinski definition) is 4. The quantitative estimate of drug-likeness (QED) is 0.672. The van der Waals surface area contributed by atoms with Crippen molar-refractivity contribution in [3.63, 3.8) is 0 Å². The fraction of sp³-hybridized carbons (Fsp3) is 0.346. The molecule has 0 saturated carbocycles. The first-order valence-corrected chi connectivity index (χ1v) is 10.7. The number of Topliss-reactive ketones (excluding diaryl/α,β-unsaturated/α-hetero) is 1. The maximum Gasteiger partial charge on any atom is 0.231 e. The molecule has 0 radical (unpaired) electrons. The number of ketones is 1. The Morgan fingerprint density at radius 3 is 2.60 bits per heavy atom. The molecule has 3 aliphatic heterocycles. The fourth-order valence-electron chi connectivity index (χ4n) is 5.45. The Morgan fingerprint density at radius 2 is 1.80 bits per heavy atom. The maximum atomic E-state index is 13.4. The van der Waals surface area contributed by atoms with E-state index in [0.29, 0.717) is 12.2 Å². The van der Waals surface area contributed by atoms with Gasteiger partial charge in [0.15, 0.2) is 17.3 Å². The smallest absolute Gasteiger partial charge is 0.231 e. The van der Waals surface area contributed by atoms with Crippen LogP contribution >= 0.6 is 0 Å². The van der Waals surface area contributed by atoms with Gasteiger partial charge < -0.3 is 14.4 Å². The van der Waals surface area contributed by atoms with Crippen LogP contribution in [0, 0.1) is 5.41 Å². The maximum absolute atomic E-state index is 13.4. The van der Waals surface area contributed by atoms with Crippen LogP contribution in [0.3, 0.4) is 0 Å². The molecule has 4 aliphatic rings. The molecule has 4 nitrogen and oxygen atoms in total. The van der Waals surface area contributed by atoms with Gasteiger partial charge in [-0.3, -0.25) is 4.79 Å². The molecule has 0 aromatic heterocycles. The third kappa shape index (κ3) is 2.63. The van der Waals surface area contributed by atoms with E-state index in [2.05, 4.69) is 61.2 Å². The first-order chi connectivity index (χ1) is 14.5. The highest BCUT2D eigenvalue weighted by Gasteiger charge is 2.42. The van der Waals surface area contributed by atoms with Gasteiger partial charge in [-0.2, -0.15) is 0 Å². The summed E-state index contributed by atoms with van der Waals surface area (Å²) >= 11 is 0. The SMILES string of the molecule is CC1(C)CC(=O)C2=C(C1)N1CCc3cc4c(cc3C1=C[C@H]2c1ccccc1)OCO4. The van der Waals surface area contributed by atoms with Crippen molar-refractivity contribution in [3.05, 3.63) is 76.5 Å². The topological polar surface area (TPSA) is 38.8 Å². The van der Waals surface area contributed by atoms with Crippen LogP contribution in [-0.2, 0) is 11.2 Å². The van der Waals surface area contributed by atoms with E-state index in [1.54, 1.807) is 0 Å². The summed E-state index contributed by atoms with van der Waals surface area (Å²) in [6.07, 6.45) is 4.77. The van der Waals surface area contributed by atoms with Gasteiger partial charge >= 0.3 is 0 Å². The number of allylic oxidation sites excluding steroid dienone is 3. The highest BCUT2D eigenvalue weighted by molar-refractivity contribution is 6.01. The van der Waals surface area contributed by atoms with Gasteiger partial charge in [0.05, 0.1) is 0 Å². The number of fused-ring (bicyclic) bond motifs is 5. The fourth-order valence-corrected chi connectivity index (χ4v) is 5.45. The Balaban J connectivity index is 1.55. The molecule has 6 rings (SSSR count). The summed E-state index contributed by atoms with van der Waals surface area (Å²) in [4.78, 5) is 15.8. The van der Waals surface area contributed by atoms with E-state index in [4.69, 9.17) is 9.47 Å². The van der Waals surface area contributed by atoms with Crippen LogP contribution in [-0.4, -0.2) is 24.0 Å². The zero-order valence-corrected chi connectivity index (χ0v) is 17.4. The number of carbonyl (C=O) groups excluding carboxylic acids is 1. The van der Waals surface area contributed by atoms with Crippen molar-refractivity contribution in [1.29, 1.82) is 0 Å². The number of benzene rings is 2. The zero-order chi connectivity index (χ0) is 20.5. The van der Waals surface area contributed by atoms with Crippen molar-refractivity contribution in [1.82, 2.24) is 4.90 Å². The van der Waals surface area contributed by atoms with Crippen LogP contribution in [0.25, 0.3) is 5.70 Å². The molecule has 0 amide bonds. The van der Waals surface area contributed by atoms with Crippen molar-refractivity contribution in [2.45, 2.75) is 39.0 Å². The third-order valence-electron chi connectivity index (χ3n) is 6.79. The Bertz CT molecular complexity index is 1130. The van der Waals surface area contributed by atoms with Gasteiger partial charge in [-0.05, 0) is 47.6 Å². The van der Waals surface area contributed by atoms with E-state index in [9.17, 15) is 4.79 Å². The van der Waals surface area contributed by atoms with Crippen LogP contribution < -0.4 is 9.47 Å². The molecule has 2 aromatic rings. The average molecular weight is 399 g/mol. The van der Waals surface area contributed by atoms with Crippen LogP contribution in [0.1, 0.15) is 49.3 Å². The molecule has 2 aromatic carbocycles. The number of hydrogen-bond donors (Lipinski definition) is 0. The second kappa shape index (κ2) is 6.24. The number of nitrogens with zero attached hydrogens (tertiary/aromatic N) is 1. The molecule has 1 atom stereocenters. The van der Waals surface area contributed by atoms with Gasteiger partial charge in [-0.15, -0.1) is 0 Å². The van der Waals surface area contributed by atoms with Gasteiger partial charge in [0.2, 0.25) is 6.79 Å². The lowest BCUT2D eigenvalue weighted by Gasteiger charge is -2.46. The lowest BCUT2D eigenvalue weighted by molar-refractivity contribution is -0.118. The van der Waals surface area contributed by atoms with Gasteiger partial charge in [-0.25, -0.2) is 0 Å². The predicted octanol–water partition coefficient (Wildman–Crippen LogP) is 5.05. The van der Waals surface area contributed by atoms with E-state index >= 15 is 0 Å². The minimum atomic E-state index is -0.0191. The Kier molecular flexibility index (Phi) is 3.71. The minimum absolute atomic E-state index is 0.00702. The highest BCUT2D eigenvalue weighted by Crippen LogP contribution is 2.51. The number of rotatable bonds is 1. The monoisotopic (exact) mass is 399 g/mol. The second-order valence-electron chi connectivity index (χ2n) is 9.51. The Hall–Kier alpha value is -3.01. The van der Waals surface area contributed by atoms with Crippen LogP contribution in [0.2, 0.25) is 0 Å². The Morgan fingerprint density at radius 1 is 1.03 bits per heavy atom. The zero-order valence-electron chi connectivity index (χ0n) is 17.4. The van der Waals surface area contributed by atoms with Crippen molar-refractivity contribution in [2.75, 3.05) is 13.3 Å². The van der Waals surface area contributed by atoms with E-state index < -0.39 is 0 Å². The van der Waals surface area contributed by atoms with E-state index in [1.807, 2.05) is 6.07 Å². The summed E-state index contributed by atoms with van der Waals surface area (Å²) in [6, 6.07) is 14.7. The van der Waals surface area contributed by atoms with Crippen molar-refractivity contribution in [3.8, 4) is 11.5 Å². The predicted molar refractivity (Wildman–Crippen MR) is 115 cm³/mol. The molecule has 0 fully saturated rings. The molecular formula is C26H25NO3. The second-order valence-corrected chi connectivity index (χ2v) is 9.51. The lowest BCUT2D eigenvalue weighted by Crippen LogP contribution is -2.40. The van der Waals surface area contributed by atoms with Gasteiger partial charge in [0.1, 0.15) is 0 Å². The molecule has 0 spiro atoms. The average Bonchev–Trinajstić information content (AvgIpc) is 3.18. The highest BCUT2D eigenvalue weighted by atomic mass is 16.7. The van der Waals surface area contributed by atoms with Gasteiger partial charge in [0, 0.05) is 41.4 Å². The standard InChI is InChI=1S/C26H25NO3/c1-26(2)13-21-25(22(28)14-26)19(16-6-4-3-5-7-16)11-20-18-12-24-23(29-15-30-24)10-17(18)8-9-27(20)21/h3-7,10-12,19H,8-9,13-15H2,1-2H3/t19-/m0/s1. The van der Waals surface area contributed by atoms with Crippen molar-refractivity contribution in [2.24, 2.45) is 5.41 Å². The molecule has 1 aliphatic carbocycles. The van der Waals surface area contributed by atoms with E-state index in [1.165, 1.54) is 28.1 Å². The molecule has 0 N–H and O–H groups in total. The minimum Gasteiger partial charge on any atom is -0.454 e. The lowest BCUT2D eigenvalue weighted by atomic mass is 9.69. The number of ether oxygens (including phenoxy) is 2. The molecule has 0 saturated heterocycles. The normalized spacial score (nSPS) is 23.5. The Labute approximate surface area is 176 Å².